The Morgan fingerprint density at radius 1 is 1.11 bits per heavy atom. The van der Waals surface area contributed by atoms with Crippen LogP contribution in [0.1, 0.15) is 5.56 Å². The minimum absolute atomic E-state index is 0.0916. The maximum Gasteiger partial charge on any atom is 0.488 e. The summed E-state index contributed by atoms with van der Waals surface area (Å²) < 4.78 is 18.5. The van der Waals surface area contributed by atoms with E-state index in [1.165, 1.54) is 12.1 Å². The summed E-state index contributed by atoms with van der Waals surface area (Å²) in [6, 6.07) is 10.5. The van der Waals surface area contributed by atoms with Crippen molar-refractivity contribution in [3.63, 3.8) is 0 Å². The van der Waals surface area contributed by atoms with Crippen LogP contribution in [0.5, 0.6) is 5.75 Å². The van der Waals surface area contributed by atoms with Crippen LogP contribution in [0.2, 0.25) is 5.02 Å². The third kappa shape index (κ3) is 3.70. The summed E-state index contributed by atoms with van der Waals surface area (Å²) in [6.45, 7) is 0.106. The largest absolute Gasteiger partial charge is 0.489 e. The topological polar surface area (TPSA) is 49.7 Å². The number of benzene rings is 2. The van der Waals surface area contributed by atoms with Gasteiger partial charge in [0.2, 0.25) is 0 Å². The number of hydrogen-bond donors (Lipinski definition) is 2. The van der Waals surface area contributed by atoms with E-state index in [-0.39, 0.29) is 12.1 Å². The first-order chi connectivity index (χ1) is 9.06. The Kier molecular flexibility index (Phi) is 4.42. The van der Waals surface area contributed by atoms with E-state index in [0.29, 0.717) is 16.3 Å². The molecule has 0 amide bonds. The zero-order valence-corrected chi connectivity index (χ0v) is 10.6. The molecule has 0 aromatic heterocycles. The van der Waals surface area contributed by atoms with Gasteiger partial charge in [-0.3, -0.25) is 0 Å². The van der Waals surface area contributed by atoms with Gasteiger partial charge in [0.05, 0.1) is 0 Å². The summed E-state index contributed by atoms with van der Waals surface area (Å²) in [7, 11) is -1.74. The van der Waals surface area contributed by atoms with E-state index in [9.17, 15) is 14.4 Å². The molecule has 3 nitrogen and oxygen atoms in total. The van der Waals surface area contributed by atoms with Gasteiger partial charge in [-0.15, -0.1) is 0 Å². The van der Waals surface area contributed by atoms with Crippen molar-refractivity contribution in [2.24, 2.45) is 0 Å². The van der Waals surface area contributed by atoms with Gasteiger partial charge >= 0.3 is 7.12 Å². The molecule has 0 aliphatic rings. The number of hydrogen-bond acceptors (Lipinski definition) is 3. The molecule has 6 heteroatoms. The quantitative estimate of drug-likeness (QED) is 0.839. The molecule has 0 aliphatic carbocycles. The van der Waals surface area contributed by atoms with Crippen molar-refractivity contribution in [2.75, 3.05) is 0 Å². The van der Waals surface area contributed by atoms with Gasteiger partial charge in [0.1, 0.15) is 18.2 Å². The highest BCUT2D eigenvalue weighted by Gasteiger charge is 2.17. The average molecular weight is 280 g/mol. The van der Waals surface area contributed by atoms with Crippen LogP contribution in [0.4, 0.5) is 4.39 Å². The Morgan fingerprint density at radius 3 is 2.42 bits per heavy atom. The first-order valence-corrected chi connectivity index (χ1v) is 5.97. The highest BCUT2D eigenvalue weighted by atomic mass is 35.5. The summed E-state index contributed by atoms with van der Waals surface area (Å²) in [5.41, 5.74) is 0.598. The Morgan fingerprint density at radius 2 is 1.79 bits per heavy atom. The van der Waals surface area contributed by atoms with Gasteiger partial charge in [-0.2, -0.15) is 0 Å². The van der Waals surface area contributed by atoms with Gasteiger partial charge in [0.25, 0.3) is 0 Å². The van der Waals surface area contributed by atoms with Crippen molar-refractivity contribution in [1.29, 1.82) is 0 Å². The zero-order valence-electron chi connectivity index (χ0n) is 9.88. The van der Waals surface area contributed by atoms with Crippen molar-refractivity contribution in [3.05, 3.63) is 58.9 Å². The normalized spacial score (nSPS) is 10.3. The predicted molar refractivity (Wildman–Crippen MR) is 72.0 cm³/mol. The van der Waals surface area contributed by atoms with Crippen LogP contribution in [0.15, 0.2) is 42.5 Å². The standard InChI is InChI=1S/C13H11BClFO3/c15-10-2-5-12(6-3-10)19-8-9-1-4-11(16)7-13(9)14(17)18/h1-7,17-18H,8H2. The fourth-order valence-electron chi connectivity index (χ4n) is 1.63. The zero-order chi connectivity index (χ0) is 13.8. The molecule has 0 spiro atoms. The van der Waals surface area contributed by atoms with Crippen LogP contribution < -0.4 is 10.2 Å². The first kappa shape index (κ1) is 13.9. The highest BCUT2D eigenvalue weighted by molar-refractivity contribution is 6.59. The van der Waals surface area contributed by atoms with E-state index in [0.717, 1.165) is 6.07 Å². The maximum atomic E-state index is 13.0. The number of ether oxygens (including phenoxy) is 1. The second-order valence-corrected chi connectivity index (χ2v) is 4.40. The van der Waals surface area contributed by atoms with Gasteiger partial charge in [0, 0.05) is 5.02 Å². The predicted octanol–water partition coefficient (Wildman–Crippen LogP) is 1.74. The molecule has 2 aromatic carbocycles. The molecule has 19 heavy (non-hydrogen) atoms. The van der Waals surface area contributed by atoms with Crippen LogP contribution in [-0.4, -0.2) is 17.2 Å². The van der Waals surface area contributed by atoms with Crippen molar-refractivity contribution >= 4 is 24.2 Å². The molecular weight excluding hydrogens is 269 g/mol. The molecule has 0 heterocycles. The van der Waals surface area contributed by atoms with Crippen molar-refractivity contribution in [1.82, 2.24) is 0 Å². The van der Waals surface area contributed by atoms with E-state index in [1.54, 1.807) is 24.3 Å². The van der Waals surface area contributed by atoms with Crippen LogP contribution in [0.3, 0.4) is 0 Å². The van der Waals surface area contributed by atoms with Crippen LogP contribution in [0, 0.1) is 5.82 Å². The molecule has 2 rings (SSSR count). The molecule has 0 unspecified atom stereocenters. The van der Waals surface area contributed by atoms with Crippen LogP contribution in [0.25, 0.3) is 0 Å². The lowest BCUT2D eigenvalue weighted by atomic mass is 9.77. The van der Waals surface area contributed by atoms with E-state index < -0.39 is 12.9 Å². The maximum absolute atomic E-state index is 13.0. The molecule has 2 N–H and O–H groups in total. The number of halogens is 2. The second kappa shape index (κ2) is 6.06. The summed E-state index contributed by atoms with van der Waals surface area (Å²) >= 11 is 5.75. The molecule has 0 atom stereocenters. The summed E-state index contributed by atoms with van der Waals surface area (Å²) in [4.78, 5) is 0. The first-order valence-electron chi connectivity index (χ1n) is 5.59. The SMILES string of the molecule is OB(O)c1cc(F)ccc1COc1ccc(Cl)cc1. The summed E-state index contributed by atoms with van der Waals surface area (Å²) in [5.74, 6) is 0.0606. The Labute approximate surface area is 115 Å². The third-order valence-electron chi connectivity index (χ3n) is 2.59. The van der Waals surface area contributed by atoms with E-state index in [1.807, 2.05) is 0 Å². The van der Waals surface area contributed by atoms with E-state index in [4.69, 9.17) is 16.3 Å². The monoisotopic (exact) mass is 280 g/mol. The molecule has 0 bridgehead atoms. The fourth-order valence-corrected chi connectivity index (χ4v) is 1.76. The molecule has 0 aliphatic heterocycles. The minimum Gasteiger partial charge on any atom is -0.489 e. The van der Waals surface area contributed by atoms with E-state index in [2.05, 4.69) is 0 Å². The van der Waals surface area contributed by atoms with Gasteiger partial charge < -0.3 is 14.8 Å². The van der Waals surface area contributed by atoms with Crippen molar-refractivity contribution < 1.29 is 19.2 Å². The van der Waals surface area contributed by atoms with Crippen molar-refractivity contribution in [2.45, 2.75) is 6.61 Å². The lowest BCUT2D eigenvalue weighted by molar-refractivity contribution is 0.306. The molecule has 0 saturated carbocycles. The second-order valence-electron chi connectivity index (χ2n) is 3.96. The fraction of sp³-hybridized carbons (Fsp3) is 0.0769. The van der Waals surface area contributed by atoms with Crippen molar-refractivity contribution in [3.8, 4) is 5.75 Å². The lowest BCUT2D eigenvalue weighted by Crippen LogP contribution is -2.34. The summed E-state index contributed by atoms with van der Waals surface area (Å²) in [5, 5.41) is 19.0. The molecule has 0 radical (unpaired) electrons. The van der Waals surface area contributed by atoms with Gasteiger partial charge in [-0.05, 0) is 47.4 Å². The summed E-state index contributed by atoms with van der Waals surface area (Å²) in [6.07, 6.45) is 0. The van der Waals surface area contributed by atoms with Gasteiger partial charge in [-0.25, -0.2) is 4.39 Å². The minimum atomic E-state index is -1.74. The van der Waals surface area contributed by atoms with Gasteiger partial charge in [-0.1, -0.05) is 17.7 Å². The van der Waals surface area contributed by atoms with Crippen LogP contribution in [-0.2, 0) is 6.61 Å². The smallest absolute Gasteiger partial charge is 0.488 e. The lowest BCUT2D eigenvalue weighted by Gasteiger charge is -2.11. The molecule has 0 fully saturated rings. The molecule has 98 valence electrons. The Bertz CT molecular complexity index is 560. The molecular formula is C13H11BClFO3. The average Bonchev–Trinajstić information content (AvgIpc) is 2.39. The third-order valence-corrected chi connectivity index (χ3v) is 2.85. The van der Waals surface area contributed by atoms with E-state index >= 15 is 0 Å². The highest BCUT2D eigenvalue weighted by Crippen LogP contribution is 2.16. The molecule has 2 aromatic rings. The Hall–Kier alpha value is -1.56. The molecule has 0 saturated heterocycles. The van der Waals surface area contributed by atoms with Gasteiger partial charge in [0.15, 0.2) is 0 Å². The van der Waals surface area contributed by atoms with Crippen LogP contribution >= 0.6 is 11.6 Å². The number of rotatable bonds is 4. The Balaban J connectivity index is 2.13.